The van der Waals surface area contributed by atoms with Crippen molar-refractivity contribution in [1.29, 1.82) is 0 Å². The second kappa shape index (κ2) is 31.5. The molecule has 0 fully saturated rings. The van der Waals surface area contributed by atoms with Gasteiger partial charge in [0.05, 0.1) is 0 Å². The fraction of sp³-hybridized carbons (Fsp3) is 0.800. The second-order valence-corrected chi connectivity index (χ2v) is 10.3. The summed E-state index contributed by atoms with van der Waals surface area (Å²) in [4.78, 5) is 8.05. The van der Waals surface area contributed by atoms with Gasteiger partial charge in [0.15, 0.2) is 0 Å². The predicted octanol–water partition coefficient (Wildman–Crippen LogP) is 5.79. The molecule has 0 aromatic carbocycles. The molecule has 0 aromatic rings. The van der Waals surface area contributed by atoms with Crippen LogP contribution in [0.15, 0.2) is 0 Å². The van der Waals surface area contributed by atoms with Gasteiger partial charge < -0.3 is 19.6 Å². The van der Waals surface area contributed by atoms with Crippen molar-refractivity contribution in [3.63, 3.8) is 0 Å². The van der Waals surface area contributed by atoms with Crippen molar-refractivity contribution in [1.82, 2.24) is 19.6 Å². The maximum atomic E-state index is 4.81. The van der Waals surface area contributed by atoms with Gasteiger partial charge in [-0.25, -0.2) is 0 Å². The van der Waals surface area contributed by atoms with Crippen molar-refractivity contribution in [2.24, 2.45) is 0 Å². The fourth-order valence-electron chi connectivity index (χ4n) is 1.98. The minimum atomic E-state index is 0. The van der Waals surface area contributed by atoms with Crippen LogP contribution in [0.1, 0.15) is 55.4 Å². The third kappa shape index (κ3) is 29.6. The third-order valence-corrected chi connectivity index (χ3v) is 6.30. The first-order chi connectivity index (χ1) is 14.9. The number of hydrogen-bond donors (Lipinski definition) is 4. The summed E-state index contributed by atoms with van der Waals surface area (Å²) < 4.78 is 2.76. The van der Waals surface area contributed by atoms with Crippen LogP contribution in [0.5, 0.6) is 0 Å². The van der Waals surface area contributed by atoms with Gasteiger partial charge in [-0.1, -0.05) is 48.9 Å². The molecule has 0 saturated carbocycles. The molecule has 0 aliphatic heterocycles. The van der Waals surface area contributed by atoms with Crippen LogP contribution in [0, 0.1) is 0 Å². The van der Waals surface area contributed by atoms with Gasteiger partial charge in [0.2, 0.25) is 0 Å². The molecule has 0 aliphatic carbocycles. The number of hydrogen-bond acceptors (Lipinski definition) is 4. The van der Waals surface area contributed by atoms with E-state index in [-0.39, 0.29) is 17.1 Å². The van der Waals surface area contributed by atoms with Crippen LogP contribution in [0.3, 0.4) is 0 Å². The molecule has 0 atom stereocenters. The SMILES string of the molecule is CCN(CC)C(=S)S.CCN(CC)C(=S)S.CCN(CC)C(=S)S.CCN(CC)C(=S)S.[Se]. The molecule has 0 heterocycles. The summed E-state index contributed by atoms with van der Waals surface area (Å²) in [7, 11) is 0. The third-order valence-electron chi connectivity index (χ3n) is 4.14. The largest absolute Gasteiger partial charge is 0.358 e. The molecule has 0 aliphatic rings. The molecule has 13 heteroatoms. The molecule has 0 bridgehead atoms. The number of nitrogens with zero attached hydrogens (tertiary/aromatic N) is 4. The Labute approximate surface area is 258 Å². The van der Waals surface area contributed by atoms with E-state index in [0.717, 1.165) is 52.4 Å². The quantitative estimate of drug-likeness (QED) is 0.145. The Balaban J connectivity index is -0.000000105. The first-order valence-corrected chi connectivity index (χ1v) is 14.2. The second-order valence-electron chi connectivity index (χ2n) is 5.82. The summed E-state index contributed by atoms with van der Waals surface area (Å²) in [6, 6.07) is 0. The van der Waals surface area contributed by atoms with Crippen molar-refractivity contribution in [2.45, 2.75) is 55.4 Å². The molecule has 33 heavy (non-hydrogen) atoms. The monoisotopic (exact) mass is 676 g/mol. The molecular weight excluding hydrogens is 632 g/mol. The summed E-state index contributed by atoms with van der Waals surface area (Å²) in [5.41, 5.74) is 0. The van der Waals surface area contributed by atoms with E-state index in [1.807, 2.05) is 19.6 Å². The molecule has 0 rings (SSSR count). The average molecular weight is 676 g/mol. The Hall–Kier alpha value is 1.48. The molecule has 0 aromatic heterocycles. The maximum Gasteiger partial charge on any atom is 0.133 e. The molecular formula is C20H44N4S8Se. The summed E-state index contributed by atoms with van der Waals surface area (Å²) in [5, 5.41) is 0. The summed E-state index contributed by atoms with van der Waals surface area (Å²) in [5.74, 6) is 0. The van der Waals surface area contributed by atoms with Crippen LogP contribution in [-0.2, 0) is 0 Å². The van der Waals surface area contributed by atoms with Gasteiger partial charge >= 0.3 is 0 Å². The Morgan fingerprint density at radius 3 is 0.485 bits per heavy atom. The molecule has 198 valence electrons. The van der Waals surface area contributed by atoms with E-state index < -0.39 is 0 Å². The van der Waals surface area contributed by atoms with E-state index in [2.05, 4.69) is 106 Å². The molecule has 0 N–H and O–H groups in total. The van der Waals surface area contributed by atoms with Gasteiger partial charge in [0.1, 0.15) is 17.3 Å². The first-order valence-electron chi connectivity index (χ1n) is 10.8. The normalized spacial score (nSPS) is 8.61. The van der Waals surface area contributed by atoms with E-state index in [1.165, 1.54) is 0 Å². The fourth-order valence-corrected chi connectivity index (χ4v) is 4.14. The van der Waals surface area contributed by atoms with Gasteiger partial charge in [-0.15, -0.1) is 50.5 Å². The molecule has 0 amide bonds. The minimum absolute atomic E-state index is 0. The summed E-state index contributed by atoms with van der Waals surface area (Å²) in [6.45, 7) is 24.1. The maximum absolute atomic E-state index is 4.81. The van der Waals surface area contributed by atoms with E-state index in [0.29, 0.717) is 17.3 Å². The van der Waals surface area contributed by atoms with Gasteiger partial charge in [-0.05, 0) is 55.4 Å². The van der Waals surface area contributed by atoms with Crippen molar-refractivity contribution < 1.29 is 0 Å². The number of thiol groups is 4. The number of thiocarbonyl (C=S) groups is 4. The molecule has 2 radical (unpaired) electrons. The summed E-state index contributed by atoms with van der Waals surface area (Å²) >= 11 is 35.3. The van der Waals surface area contributed by atoms with E-state index in [9.17, 15) is 0 Å². The Bertz CT molecular complexity index is 408. The zero-order valence-corrected chi connectivity index (χ0v) is 29.8. The Morgan fingerprint density at radius 1 is 0.394 bits per heavy atom. The zero-order chi connectivity index (χ0) is 26.3. The van der Waals surface area contributed by atoms with E-state index in [1.54, 1.807) is 0 Å². The van der Waals surface area contributed by atoms with Crippen molar-refractivity contribution in [3.8, 4) is 0 Å². The van der Waals surface area contributed by atoms with Gasteiger partial charge in [-0.2, -0.15) is 0 Å². The van der Waals surface area contributed by atoms with Crippen molar-refractivity contribution in [2.75, 3.05) is 52.4 Å². The topological polar surface area (TPSA) is 13.0 Å². The first kappa shape index (κ1) is 44.5. The van der Waals surface area contributed by atoms with Crippen LogP contribution in [0.25, 0.3) is 0 Å². The van der Waals surface area contributed by atoms with Gasteiger partial charge in [-0.3, -0.25) is 0 Å². The standard InChI is InChI=1S/4C5H11NS2.Se/c4*1-3-6(4-2)5(7)8;/h4*3-4H2,1-2H3,(H,7,8);. The molecule has 0 unspecified atom stereocenters. The smallest absolute Gasteiger partial charge is 0.133 e. The minimum Gasteiger partial charge on any atom is -0.358 e. The van der Waals surface area contributed by atoms with Crippen LogP contribution in [0.4, 0.5) is 0 Å². The van der Waals surface area contributed by atoms with Crippen LogP contribution < -0.4 is 0 Å². The molecule has 0 spiro atoms. The molecule has 0 saturated heterocycles. The van der Waals surface area contributed by atoms with E-state index in [4.69, 9.17) is 48.9 Å². The predicted molar refractivity (Wildman–Crippen MR) is 184 cm³/mol. The zero-order valence-electron chi connectivity index (χ0n) is 21.3. The van der Waals surface area contributed by atoms with Crippen LogP contribution in [-0.4, -0.2) is 106 Å². The van der Waals surface area contributed by atoms with Crippen molar-refractivity contribution >= 4 is 134 Å². The summed E-state index contributed by atoms with van der Waals surface area (Å²) in [6.07, 6.45) is 0. The van der Waals surface area contributed by atoms with Gasteiger partial charge in [0, 0.05) is 69.4 Å². The number of rotatable bonds is 8. The van der Waals surface area contributed by atoms with Gasteiger partial charge in [0.25, 0.3) is 0 Å². The van der Waals surface area contributed by atoms with E-state index >= 15 is 0 Å². The Morgan fingerprint density at radius 2 is 0.485 bits per heavy atom. The van der Waals surface area contributed by atoms with Crippen LogP contribution >= 0.6 is 99.4 Å². The van der Waals surface area contributed by atoms with Crippen LogP contribution in [0.2, 0.25) is 0 Å². The molecule has 4 nitrogen and oxygen atoms in total. The Kier molecular flexibility index (Phi) is 42.5. The average Bonchev–Trinajstić information content (AvgIpc) is 2.72. The van der Waals surface area contributed by atoms with Crippen molar-refractivity contribution in [3.05, 3.63) is 0 Å².